The Balaban J connectivity index is 1.84. The molecule has 2 atom stereocenters. The van der Waals surface area contributed by atoms with Crippen molar-refractivity contribution < 1.29 is 4.79 Å². The Kier molecular flexibility index (Phi) is 4.13. The van der Waals surface area contributed by atoms with E-state index in [0.717, 1.165) is 23.9 Å². The van der Waals surface area contributed by atoms with Crippen LogP contribution in [0.3, 0.4) is 0 Å². The van der Waals surface area contributed by atoms with Gasteiger partial charge in [0.25, 0.3) is 0 Å². The van der Waals surface area contributed by atoms with E-state index in [4.69, 9.17) is 5.73 Å². The van der Waals surface area contributed by atoms with Crippen LogP contribution in [0, 0.1) is 11.3 Å². The smallest absolute Gasteiger partial charge is 0.236 e. The molecule has 0 spiro atoms. The van der Waals surface area contributed by atoms with Gasteiger partial charge in [-0.05, 0) is 25.5 Å². The number of para-hydroxylation sites is 1. The van der Waals surface area contributed by atoms with E-state index in [9.17, 15) is 10.1 Å². The number of benzene rings is 1. The highest BCUT2D eigenvalue weighted by Gasteiger charge is 2.27. The first kappa shape index (κ1) is 15.3. The van der Waals surface area contributed by atoms with Gasteiger partial charge in [-0.2, -0.15) is 5.26 Å². The average molecular weight is 309 g/mol. The fourth-order valence-corrected chi connectivity index (χ4v) is 2.83. The highest BCUT2D eigenvalue weighted by molar-refractivity contribution is 5.83. The molecule has 1 aromatic carbocycles. The second-order valence-electron chi connectivity index (χ2n) is 5.89. The van der Waals surface area contributed by atoms with Crippen LogP contribution in [0.4, 0.5) is 5.82 Å². The Morgan fingerprint density at radius 1 is 1.52 bits per heavy atom. The van der Waals surface area contributed by atoms with E-state index < -0.39 is 6.04 Å². The highest BCUT2D eigenvalue weighted by Crippen LogP contribution is 2.26. The van der Waals surface area contributed by atoms with Crippen molar-refractivity contribution in [2.75, 3.05) is 18.0 Å². The largest absolute Gasteiger partial charge is 0.353 e. The average Bonchev–Trinajstić information content (AvgIpc) is 3.01. The van der Waals surface area contributed by atoms with Crippen LogP contribution in [-0.4, -0.2) is 36.1 Å². The van der Waals surface area contributed by atoms with E-state index in [1.165, 1.54) is 0 Å². The van der Waals surface area contributed by atoms with Crippen molar-refractivity contribution in [3.63, 3.8) is 0 Å². The Hall–Kier alpha value is -2.65. The van der Waals surface area contributed by atoms with Crippen molar-refractivity contribution in [2.24, 2.45) is 5.73 Å². The molecule has 3 N–H and O–H groups in total. The number of nitrogens with one attached hydrogen (secondary N) is 1. The molecule has 1 aliphatic rings. The van der Waals surface area contributed by atoms with Crippen LogP contribution in [-0.2, 0) is 4.79 Å². The third kappa shape index (κ3) is 3.10. The predicted octanol–water partition coefficient (Wildman–Crippen LogP) is 1.15. The van der Waals surface area contributed by atoms with Gasteiger partial charge < -0.3 is 16.0 Å². The summed E-state index contributed by atoms with van der Waals surface area (Å²) in [6, 6.07) is 11.4. The Morgan fingerprint density at radius 3 is 3.04 bits per heavy atom. The molecule has 3 rings (SSSR count). The summed E-state index contributed by atoms with van der Waals surface area (Å²) in [5.74, 6) is 0.535. The molecular formula is C17H19N5O. The molecule has 0 unspecified atom stereocenters. The molecule has 0 aliphatic carbocycles. The number of hydrogen-bond donors (Lipinski definition) is 2. The number of amides is 1. The van der Waals surface area contributed by atoms with Crippen LogP contribution in [0.1, 0.15) is 18.9 Å². The van der Waals surface area contributed by atoms with Gasteiger partial charge in [-0.25, -0.2) is 4.98 Å². The zero-order valence-corrected chi connectivity index (χ0v) is 13.0. The van der Waals surface area contributed by atoms with Crippen LogP contribution in [0.15, 0.2) is 30.3 Å². The molecular weight excluding hydrogens is 290 g/mol. The first-order chi connectivity index (χ1) is 11.1. The first-order valence-corrected chi connectivity index (χ1v) is 7.69. The standard InChI is InChI=1S/C17H19N5O/c1-11(19)17(23)20-14-6-7-22(10-14)16-13(9-18)8-12-4-2-3-5-15(12)21-16/h2-5,8,11,14H,6-7,10,19H2,1H3,(H,20,23)/t11-,14-/m0/s1. The molecule has 6 nitrogen and oxygen atoms in total. The first-order valence-electron chi connectivity index (χ1n) is 7.69. The Morgan fingerprint density at radius 2 is 2.30 bits per heavy atom. The predicted molar refractivity (Wildman–Crippen MR) is 88.9 cm³/mol. The number of nitrogens with zero attached hydrogens (tertiary/aromatic N) is 3. The quantitative estimate of drug-likeness (QED) is 0.887. The number of carbonyl (C=O) groups is 1. The summed E-state index contributed by atoms with van der Waals surface area (Å²) in [6.45, 7) is 3.06. The van der Waals surface area contributed by atoms with E-state index >= 15 is 0 Å². The summed E-state index contributed by atoms with van der Waals surface area (Å²) in [4.78, 5) is 18.4. The number of nitriles is 1. The van der Waals surface area contributed by atoms with E-state index in [0.29, 0.717) is 17.9 Å². The number of hydrogen-bond acceptors (Lipinski definition) is 5. The fraction of sp³-hybridized carbons (Fsp3) is 0.353. The molecule has 23 heavy (non-hydrogen) atoms. The van der Waals surface area contributed by atoms with Crippen molar-refractivity contribution in [3.05, 3.63) is 35.9 Å². The number of anilines is 1. The van der Waals surface area contributed by atoms with Gasteiger partial charge in [0, 0.05) is 24.5 Å². The summed E-state index contributed by atoms with van der Waals surface area (Å²) in [7, 11) is 0. The minimum Gasteiger partial charge on any atom is -0.353 e. The lowest BCUT2D eigenvalue weighted by Gasteiger charge is -2.20. The Labute approximate surface area is 134 Å². The number of pyridine rings is 1. The fourth-order valence-electron chi connectivity index (χ4n) is 2.83. The molecule has 6 heteroatoms. The van der Waals surface area contributed by atoms with Gasteiger partial charge in [0.2, 0.25) is 5.91 Å². The second kappa shape index (κ2) is 6.23. The lowest BCUT2D eigenvalue weighted by Crippen LogP contribution is -2.45. The van der Waals surface area contributed by atoms with Gasteiger partial charge >= 0.3 is 0 Å². The minimum absolute atomic E-state index is 0.0355. The summed E-state index contributed by atoms with van der Waals surface area (Å²) in [6.07, 6.45) is 0.817. The molecule has 0 radical (unpaired) electrons. The topological polar surface area (TPSA) is 95.0 Å². The van der Waals surface area contributed by atoms with Gasteiger partial charge in [0.05, 0.1) is 17.1 Å². The molecule has 1 aromatic heterocycles. The maximum absolute atomic E-state index is 11.7. The summed E-state index contributed by atoms with van der Waals surface area (Å²) in [5, 5.41) is 13.3. The van der Waals surface area contributed by atoms with Gasteiger partial charge in [-0.3, -0.25) is 4.79 Å². The molecule has 118 valence electrons. The van der Waals surface area contributed by atoms with Crippen LogP contribution < -0.4 is 16.0 Å². The number of carbonyl (C=O) groups excluding carboxylic acids is 1. The van der Waals surface area contributed by atoms with Crippen molar-refractivity contribution >= 4 is 22.6 Å². The van der Waals surface area contributed by atoms with E-state index in [1.807, 2.05) is 30.3 Å². The van der Waals surface area contributed by atoms with Gasteiger partial charge in [0.15, 0.2) is 0 Å². The molecule has 1 saturated heterocycles. The molecule has 0 bridgehead atoms. The molecule has 1 fully saturated rings. The molecule has 0 saturated carbocycles. The minimum atomic E-state index is -0.516. The third-order valence-corrected chi connectivity index (χ3v) is 4.07. The van der Waals surface area contributed by atoms with E-state index in [-0.39, 0.29) is 11.9 Å². The maximum Gasteiger partial charge on any atom is 0.236 e. The van der Waals surface area contributed by atoms with Crippen LogP contribution in [0.2, 0.25) is 0 Å². The molecule has 2 aromatic rings. The molecule has 1 aliphatic heterocycles. The molecule has 1 amide bonds. The van der Waals surface area contributed by atoms with Crippen molar-refractivity contribution in [2.45, 2.75) is 25.4 Å². The number of rotatable bonds is 3. The van der Waals surface area contributed by atoms with E-state index in [2.05, 4.69) is 21.3 Å². The lowest BCUT2D eigenvalue weighted by atomic mass is 10.1. The monoisotopic (exact) mass is 309 g/mol. The zero-order valence-electron chi connectivity index (χ0n) is 13.0. The van der Waals surface area contributed by atoms with Gasteiger partial charge in [0.1, 0.15) is 11.9 Å². The van der Waals surface area contributed by atoms with Crippen LogP contribution >= 0.6 is 0 Å². The maximum atomic E-state index is 11.7. The number of fused-ring (bicyclic) bond motifs is 1. The van der Waals surface area contributed by atoms with Crippen LogP contribution in [0.25, 0.3) is 10.9 Å². The molecule has 2 heterocycles. The number of aromatic nitrogens is 1. The van der Waals surface area contributed by atoms with Crippen LogP contribution in [0.5, 0.6) is 0 Å². The summed E-state index contributed by atoms with van der Waals surface area (Å²) < 4.78 is 0. The summed E-state index contributed by atoms with van der Waals surface area (Å²) >= 11 is 0. The third-order valence-electron chi connectivity index (χ3n) is 4.07. The van der Waals surface area contributed by atoms with Gasteiger partial charge in [-0.1, -0.05) is 18.2 Å². The van der Waals surface area contributed by atoms with Crippen molar-refractivity contribution in [1.82, 2.24) is 10.3 Å². The van der Waals surface area contributed by atoms with E-state index in [1.54, 1.807) is 6.92 Å². The van der Waals surface area contributed by atoms with Crippen molar-refractivity contribution in [1.29, 1.82) is 5.26 Å². The van der Waals surface area contributed by atoms with Crippen molar-refractivity contribution in [3.8, 4) is 6.07 Å². The Bertz CT molecular complexity index is 780. The summed E-state index contributed by atoms with van der Waals surface area (Å²) in [5.41, 5.74) is 7.01. The highest BCUT2D eigenvalue weighted by atomic mass is 16.2. The van der Waals surface area contributed by atoms with Gasteiger partial charge in [-0.15, -0.1) is 0 Å². The zero-order chi connectivity index (χ0) is 16.4. The lowest BCUT2D eigenvalue weighted by molar-refractivity contribution is -0.122. The number of nitrogens with two attached hydrogens (primary N) is 1. The normalized spacial score (nSPS) is 18.7. The SMILES string of the molecule is C[C@H](N)C(=O)N[C@H]1CCN(c2nc3ccccc3cc2C#N)C1. The second-order valence-corrected chi connectivity index (χ2v) is 5.89.